The standard InChI is InChI=1S/C11H20N4O2/c1-3-12-9-7-10(13-5-6-16)15-11(14-9)8-17-4-2/h7,16H,3-6,8H2,1-2H3,(H2,12,13,14,15). The van der Waals surface area contributed by atoms with Crippen molar-refractivity contribution in [3.8, 4) is 0 Å². The van der Waals surface area contributed by atoms with Crippen molar-refractivity contribution in [1.29, 1.82) is 0 Å². The second kappa shape index (κ2) is 7.81. The lowest BCUT2D eigenvalue weighted by Gasteiger charge is -2.09. The summed E-state index contributed by atoms with van der Waals surface area (Å²) in [5, 5.41) is 14.9. The predicted molar refractivity (Wildman–Crippen MR) is 67.1 cm³/mol. The van der Waals surface area contributed by atoms with Gasteiger partial charge in [0.05, 0.1) is 6.61 Å². The number of aromatic nitrogens is 2. The van der Waals surface area contributed by atoms with E-state index < -0.39 is 0 Å². The van der Waals surface area contributed by atoms with Crippen LogP contribution in [0.3, 0.4) is 0 Å². The number of ether oxygens (including phenoxy) is 1. The zero-order valence-corrected chi connectivity index (χ0v) is 10.4. The summed E-state index contributed by atoms with van der Waals surface area (Å²) in [5.41, 5.74) is 0. The molecule has 1 rings (SSSR count). The fourth-order valence-electron chi connectivity index (χ4n) is 1.30. The Kier molecular flexibility index (Phi) is 6.27. The normalized spacial score (nSPS) is 10.3. The molecule has 0 saturated heterocycles. The molecule has 0 amide bonds. The Balaban J connectivity index is 2.76. The molecule has 1 heterocycles. The van der Waals surface area contributed by atoms with Crippen LogP contribution in [0.4, 0.5) is 11.6 Å². The molecule has 0 saturated carbocycles. The largest absolute Gasteiger partial charge is 0.395 e. The van der Waals surface area contributed by atoms with Gasteiger partial charge in [-0.2, -0.15) is 0 Å². The Morgan fingerprint density at radius 3 is 2.53 bits per heavy atom. The Morgan fingerprint density at radius 2 is 1.94 bits per heavy atom. The van der Waals surface area contributed by atoms with E-state index >= 15 is 0 Å². The van der Waals surface area contributed by atoms with E-state index in [4.69, 9.17) is 9.84 Å². The van der Waals surface area contributed by atoms with Gasteiger partial charge in [-0.15, -0.1) is 0 Å². The number of aliphatic hydroxyl groups is 1. The molecule has 0 aliphatic rings. The summed E-state index contributed by atoms with van der Waals surface area (Å²) in [4.78, 5) is 8.61. The van der Waals surface area contributed by atoms with Gasteiger partial charge in [-0.1, -0.05) is 0 Å². The highest BCUT2D eigenvalue weighted by atomic mass is 16.5. The van der Waals surface area contributed by atoms with Crippen LogP contribution in [0.1, 0.15) is 19.7 Å². The molecule has 0 radical (unpaired) electrons. The fourth-order valence-corrected chi connectivity index (χ4v) is 1.30. The molecule has 96 valence electrons. The summed E-state index contributed by atoms with van der Waals surface area (Å²) in [6.45, 7) is 6.30. The first-order valence-corrected chi connectivity index (χ1v) is 5.84. The van der Waals surface area contributed by atoms with Gasteiger partial charge < -0.3 is 20.5 Å². The molecule has 6 heteroatoms. The van der Waals surface area contributed by atoms with Crippen molar-refractivity contribution in [3.05, 3.63) is 11.9 Å². The number of rotatable bonds is 8. The highest BCUT2D eigenvalue weighted by Gasteiger charge is 2.03. The van der Waals surface area contributed by atoms with Gasteiger partial charge in [0.25, 0.3) is 0 Å². The van der Waals surface area contributed by atoms with E-state index in [-0.39, 0.29) is 6.61 Å². The maximum Gasteiger partial charge on any atom is 0.158 e. The minimum atomic E-state index is 0.0708. The van der Waals surface area contributed by atoms with Gasteiger partial charge >= 0.3 is 0 Å². The number of nitrogens with one attached hydrogen (secondary N) is 2. The topological polar surface area (TPSA) is 79.3 Å². The molecular weight excluding hydrogens is 220 g/mol. The van der Waals surface area contributed by atoms with Crippen LogP contribution in [0.5, 0.6) is 0 Å². The van der Waals surface area contributed by atoms with Gasteiger partial charge in [-0.05, 0) is 13.8 Å². The van der Waals surface area contributed by atoms with Crippen LogP contribution in [-0.2, 0) is 11.3 Å². The maximum absolute atomic E-state index is 8.76. The third-order valence-corrected chi connectivity index (χ3v) is 1.98. The summed E-state index contributed by atoms with van der Waals surface area (Å²) in [7, 11) is 0. The van der Waals surface area contributed by atoms with Gasteiger partial charge in [0, 0.05) is 25.8 Å². The van der Waals surface area contributed by atoms with E-state index in [1.54, 1.807) is 0 Å². The Bertz CT molecular complexity index is 307. The van der Waals surface area contributed by atoms with Crippen molar-refractivity contribution in [2.24, 2.45) is 0 Å². The average Bonchev–Trinajstić information content (AvgIpc) is 2.34. The van der Waals surface area contributed by atoms with E-state index in [0.717, 1.165) is 12.4 Å². The molecule has 0 aliphatic carbocycles. The molecule has 0 aromatic carbocycles. The first-order chi connectivity index (χ1) is 8.30. The second-order valence-corrected chi connectivity index (χ2v) is 3.37. The summed E-state index contributed by atoms with van der Waals surface area (Å²) >= 11 is 0. The van der Waals surface area contributed by atoms with Crippen molar-refractivity contribution in [2.75, 3.05) is 36.9 Å². The zero-order chi connectivity index (χ0) is 12.5. The Hall–Kier alpha value is -1.40. The van der Waals surface area contributed by atoms with Crippen LogP contribution in [0, 0.1) is 0 Å². The van der Waals surface area contributed by atoms with Crippen LogP contribution in [-0.4, -0.2) is 41.4 Å². The van der Waals surface area contributed by atoms with Crippen molar-refractivity contribution in [3.63, 3.8) is 0 Å². The molecule has 1 aromatic rings. The lowest BCUT2D eigenvalue weighted by Crippen LogP contribution is -2.11. The van der Waals surface area contributed by atoms with E-state index in [2.05, 4.69) is 20.6 Å². The fraction of sp³-hybridized carbons (Fsp3) is 0.636. The molecule has 0 atom stereocenters. The van der Waals surface area contributed by atoms with Crippen LogP contribution < -0.4 is 10.6 Å². The van der Waals surface area contributed by atoms with Crippen molar-refractivity contribution < 1.29 is 9.84 Å². The molecule has 0 unspecified atom stereocenters. The Morgan fingerprint density at radius 1 is 1.24 bits per heavy atom. The van der Waals surface area contributed by atoms with E-state index in [1.165, 1.54) is 0 Å². The molecule has 1 aromatic heterocycles. The van der Waals surface area contributed by atoms with Crippen LogP contribution in [0.25, 0.3) is 0 Å². The molecule has 17 heavy (non-hydrogen) atoms. The number of anilines is 2. The smallest absolute Gasteiger partial charge is 0.158 e. The Labute approximate surface area is 101 Å². The van der Waals surface area contributed by atoms with Crippen LogP contribution in [0.2, 0.25) is 0 Å². The predicted octanol–water partition coefficient (Wildman–Crippen LogP) is 0.849. The molecule has 6 nitrogen and oxygen atoms in total. The van der Waals surface area contributed by atoms with Gasteiger partial charge in [0.2, 0.25) is 0 Å². The number of hydrogen-bond donors (Lipinski definition) is 3. The van der Waals surface area contributed by atoms with Gasteiger partial charge in [-0.3, -0.25) is 0 Å². The monoisotopic (exact) mass is 240 g/mol. The number of aliphatic hydroxyl groups excluding tert-OH is 1. The second-order valence-electron chi connectivity index (χ2n) is 3.37. The van der Waals surface area contributed by atoms with Crippen LogP contribution >= 0.6 is 0 Å². The lowest BCUT2D eigenvalue weighted by atomic mass is 10.4. The first-order valence-electron chi connectivity index (χ1n) is 5.84. The number of hydrogen-bond acceptors (Lipinski definition) is 6. The van der Waals surface area contributed by atoms with Crippen LogP contribution in [0.15, 0.2) is 6.07 Å². The highest BCUT2D eigenvalue weighted by molar-refractivity contribution is 5.47. The molecule has 0 spiro atoms. The number of nitrogens with zero attached hydrogens (tertiary/aromatic N) is 2. The lowest BCUT2D eigenvalue weighted by molar-refractivity contribution is 0.128. The van der Waals surface area contributed by atoms with Crippen molar-refractivity contribution in [1.82, 2.24) is 9.97 Å². The quantitative estimate of drug-likeness (QED) is 0.625. The molecular formula is C11H20N4O2. The summed E-state index contributed by atoms with van der Waals surface area (Å²) < 4.78 is 5.28. The molecule has 0 bridgehead atoms. The first kappa shape index (κ1) is 13.7. The van der Waals surface area contributed by atoms with Crippen molar-refractivity contribution in [2.45, 2.75) is 20.5 Å². The summed E-state index contributed by atoms with van der Waals surface area (Å²) in [6.07, 6.45) is 0. The van der Waals surface area contributed by atoms with Gasteiger partial charge in [-0.25, -0.2) is 9.97 Å². The molecule has 0 fully saturated rings. The minimum absolute atomic E-state index is 0.0708. The molecule has 3 N–H and O–H groups in total. The SMILES string of the molecule is CCNc1cc(NCCO)nc(COCC)n1. The van der Waals surface area contributed by atoms with E-state index in [0.29, 0.717) is 31.4 Å². The average molecular weight is 240 g/mol. The van der Waals surface area contributed by atoms with E-state index in [9.17, 15) is 0 Å². The highest BCUT2D eigenvalue weighted by Crippen LogP contribution is 2.11. The summed E-state index contributed by atoms with van der Waals surface area (Å²) in [5.74, 6) is 2.09. The van der Waals surface area contributed by atoms with Crippen molar-refractivity contribution >= 4 is 11.6 Å². The maximum atomic E-state index is 8.76. The third kappa shape index (κ3) is 4.97. The summed E-state index contributed by atoms with van der Waals surface area (Å²) in [6, 6.07) is 1.81. The molecule has 0 aliphatic heterocycles. The third-order valence-electron chi connectivity index (χ3n) is 1.98. The van der Waals surface area contributed by atoms with Gasteiger partial charge in [0.15, 0.2) is 5.82 Å². The van der Waals surface area contributed by atoms with E-state index in [1.807, 2.05) is 19.9 Å². The minimum Gasteiger partial charge on any atom is -0.395 e. The van der Waals surface area contributed by atoms with Gasteiger partial charge in [0.1, 0.15) is 18.2 Å². The zero-order valence-electron chi connectivity index (χ0n) is 10.4.